The number of hydrogen-bond donors (Lipinski definition) is 1. The Morgan fingerprint density at radius 1 is 1.13 bits per heavy atom. The molecule has 7 heteroatoms. The van der Waals surface area contributed by atoms with E-state index in [0.29, 0.717) is 13.1 Å². The van der Waals surface area contributed by atoms with Crippen molar-refractivity contribution in [1.29, 1.82) is 0 Å². The maximum atomic E-state index is 12.3. The highest BCUT2D eigenvalue weighted by atomic mass is 32.2. The lowest BCUT2D eigenvalue weighted by Crippen LogP contribution is -2.54. The largest absolute Gasteiger partial charge is 0.339 e. The Morgan fingerprint density at radius 3 is 2.30 bits per heavy atom. The van der Waals surface area contributed by atoms with Gasteiger partial charge in [-0.2, -0.15) is 0 Å². The van der Waals surface area contributed by atoms with Gasteiger partial charge < -0.3 is 10.6 Å². The number of nitrogens with two attached hydrogens (primary N) is 1. The lowest BCUT2D eigenvalue weighted by molar-refractivity contribution is -0.134. The zero-order chi connectivity index (χ0) is 16.9. The average molecular weight is 346 g/mol. The van der Waals surface area contributed by atoms with Crippen LogP contribution < -0.4 is 5.73 Å². The van der Waals surface area contributed by atoms with Crippen LogP contribution in [0.3, 0.4) is 0 Å². The highest BCUT2D eigenvalue weighted by Gasteiger charge is 2.27. The summed E-state index contributed by atoms with van der Waals surface area (Å²) in [5, 5.41) is 0. The van der Waals surface area contributed by atoms with Crippen molar-refractivity contribution < 1.29 is 13.2 Å². The standard InChI is InChI=1S/C16H31N3O3S/c1-23(21,22)12-7-15(17)16(20)19-10-8-18(9-11-19)13-14-5-3-2-4-6-14/h14-15H,2-13,17H2,1H3. The molecule has 0 spiro atoms. The second-order valence-corrected chi connectivity index (χ2v) is 9.41. The average Bonchev–Trinajstić information content (AvgIpc) is 2.53. The normalized spacial score (nSPS) is 23.0. The van der Waals surface area contributed by atoms with E-state index in [4.69, 9.17) is 5.73 Å². The van der Waals surface area contributed by atoms with Crippen LogP contribution in [0.25, 0.3) is 0 Å². The molecule has 2 rings (SSSR count). The van der Waals surface area contributed by atoms with Crippen molar-refractivity contribution in [2.24, 2.45) is 11.7 Å². The highest BCUT2D eigenvalue weighted by Crippen LogP contribution is 2.24. The molecule has 6 nitrogen and oxygen atoms in total. The van der Waals surface area contributed by atoms with Gasteiger partial charge in [-0.1, -0.05) is 19.3 Å². The third-order valence-electron chi connectivity index (χ3n) is 5.04. The number of amides is 1. The molecule has 1 atom stereocenters. The summed E-state index contributed by atoms with van der Waals surface area (Å²) in [4.78, 5) is 16.6. The van der Waals surface area contributed by atoms with E-state index in [1.54, 1.807) is 4.90 Å². The van der Waals surface area contributed by atoms with E-state index in [9.17, 15) is 13.2 Å². The summed E-state index contributed by atoms with van der Waals surface area (Å²) in [6.45, 7) is 4.38. The van der Waals surface area contributed by atoms with Crippen molar-refractivity contribution in [3.63, 3.8) is 0 Å². The van der Waals surface area contributed by atoms with Crippen LogP contribution in [0.2, 0.25) is 0 Å². The van der Waals surface area contributed by atoms with Crippen LogP contribution in [-0.4, -0.2) is 74.9 Å². The molecule has 2 aliphatic rings. The van der Waals surface area contributed by atoms with E-state index >= 15 is 0 Å². The molecule has 2 fully saturated rings. The highest BCUT2D eigenvalue weighted by molar-refractivity contribution is 7.90. The fourth-order valence-electron chi connectivity index (χ4n) is 3.58. The predicted octanol–water partition coefficient (Wildman–Crippen LogP) is 0.473. The maximum absolute atomic E-state index is 12.3. The van der Waals surface area contributed by atoms with Gasteiger partial charge in [0.05, 0.1) is 11.8 Å². The Hall–Kier alpha value is -0.660. The number of nitrogens with zero attached hydrogens (tertiary/aromatic N) is 2. The Kier molecular flexibility index (Phi) is 6.85. The summed E-state index contributed by atoms with van der Waals surface area (Å²) >= 11 is 0. The second-order valence-electron chi connectivity index (χ2n) is 7.15. The van der Waals surface area contributed by atoms with Gasteiger partial charge in [-0.05, 0) is 25.2 Å². The molecule has 1 heterocycles. The molecule has 0 aromatic heterocycles. The molecule has 2 N–H and O–H groups in total. The van der Waals surface area contributed by atoms with Gasteiger partial charge in [0.25, 0.3) is 0 Å². The molecular formula is C16H31N3O3S. The number of rotatable bonds is 6. The summed E-state index contributed by atoms with van der Waals surface area (Å²) in [7, 11) is -3.07. The molecule has 1 unspecified atom stereocenters. The quantitative estimate of drug-likeness (QED) is 0.757. The molecule has 0 radical (unpaired) electrons. The molecule has 23 heavy (non-hydrogen) atoms. The van der Waals surface area contributed by atoms with Gasteiger partial charge >= 0.3 is 0 Å². The first-order chi connectivity index (χ1) is 10.8. The van der Waals surface area contributed by atoms with Crippen molar-refractivity contribution in [1.82, 2.24) is 9.80 Å². The van der Waals surface area contributed by atoms with E-state index < -0.39 is 15.9 Å². The van der Waals surface area contributed by atoms with Crippen molar-refractivity contribution >= 4 is 15.7 Å². The van der Waals surface area contributed by atoms with Crippen LogP contribution in [-0.2, 0) is 14.6 Å². The number of sulfone groups is 1. The van der Waals surface area contributed by atoms with E-state index in [2.05, 4.69) is 4.90 Å². The lowest BCUT2D eigenvalue weighted by Gasteiger charge is -2.38. The fourth-order valence-corrected chi connectivity index (χ4v) is 4.27. The van der Waals surface area contributed by atoms with Gasteiger partial charge in [0.2, 0.25) is 5.91 Å². The van der Waals surface area contributed by atoms with Gasteiger partial charge in [0.1, 0.15) is 9.84 Å². The van der Waals surface area contributed by atoms with Gasteiger partial charge in [0.15, 0.2) is 0 Å². The van der Waals surface area contributed by atoms with Gasteiger partial charge in [-0.3, -0.25) is 9.69 Å². The topological polar surface area (TPSA) is 83.7 Å². The summed E-state index contributed by atoms with van der Waals surface area (Å²) in [6, 6.07) is -0.699. The Labute approximate surface area is 140 Å². The minimum atomic E-state index is -3.07. The fraction of sp³-hybridized carbons (Fsp3) is 0.938. The molecule has 1 saturated carbocycles. The Morgan fingerprint density at radius 2 is 1.74 bits per heavy atom. The number of carbonyl (C=O) groups excluding carboxylic acids is 1. The molecule has 1 aliphatic heterocycles. The smallest absolute Gasteiger partial charge is 0.239 e. The van der Waals surface area contributed by atoms with Crippen LogP contribution in [0.5, 0.6) is 0 Å². The summed E-state index contributed by atoms with van der Waals surface area (Å²) in [5.74, 6) is 0.690. The van der Waals surface area contributed by atoms with Crippen LogP contribution in [0, 0.1) is 5.92 Å². The van der Waals surface area contributed by atoms with Crippen LogP contribution in [0.1, 0.15) is 38.5 Å². The minimum absolute atomic E-state index is 0.0262. The van der Waals surface area contributed by atoms with E-state index in [1.165, 1.54) is 38.4 Å². The molecule has 0 aromatic rings. The van der Waals surface area contributed by atoms with Crippen LogP contribution in [0.4, 0.5) is 0 Å². The molecule has 1 aliphatic carbocycles. The number of piperazine rings is 1. The van der Waals surface area contributed by atoms with Gasteiger partial charge in [0, 0.05) is 39.0 Å². The zero-order valence-electron chi connectivity index (χ0n) is 14.2. The SMILES string of the molecule is CS(=O)(=O)CCC(N)C(=O)N1CCN(CC2CCCCC2)CC1. The molecule has 1 amide bonds. The van der Waals surface area contributed by atoms with Gasteiger partial charge in [-0.25, -0.2) is 8.42 Å². The first kappa shape index (κ1) is 18.7. The molecule has 1 saturated heterocycles. The van der Waals surface area contributed by atoms with Crippen molar-refractivity contribution in [3.05, 3.63) is 0 Å². The van der Waals surface area contributed by atoms with E-state index in [-0.39, 0.29) is 18.1 Å². The third-order valence-corrected chi connectivity index (χ3v) is 6.02. The minimum Gasteiger partial charge on any atom is -0.339 e. The zero-order valence-corrected chi connectivity index (χ0v) is 15.1. The third kappa shape index (κ3) is 6.39. The summed E-state index contributed by atoms with van der Waals surface area (Å²) < 4.78 is 22.4. The van der Waals surface area contributed by atoms with Crippen molar-refractivity contribution in [2.45, 2.75) is 44.6 Å². The van der Waals surface area contributed by atoms with E-state index in [0.717, 1.165) is 25.6 Å². The monoisotopic (exact) mass is 345 g/mol. The van der Waals surface area contributed by atoms with Crippen molar-refractivity contribution in [3.8, 4) is 0 Å². The Balaban J connectivity index is 1.71. The first-order valence-electron chi connectivity index (χ1n) is 8.79. The van der Waals surface area contributed by atoms with Crippen LogP contribution >= 0.6 is 0 Å². The van der Waals surface area contributed by atoms with E-state index in [1.807, 2.05) is 0 Å². The number of carbonyl (C=O) groups is 1. The molecule has 0 aromatic carbocycles. The van der Waals surface area contributed by atoms with Crippen LogP contribution in [0.15, 0.2) is 0 Å². The molecular weight excluding hydrogens is 314 g/mol. The first-order valence-corrected chi connectivity index (χ1v) is 10.9. The maximum Gasteiger partial charge on any atom is 0.239 e. The Bertz CT molecular complexity index is 481. The predicted molar refractivity (Wildman–Crippen MR) is 91.9 cm³/mol. The number of hydrogen-bond acceptors (Lipinski definition) is 5. The second kappa shape index (κ2) is 8.44. The summed E-state index contributed by atoms with van der Waals surface area (Å²) in [5.41, 5.74) is 5.87. The van der Waals surface area contributed by atoms with Crippen molar-refractivity contribution in [2.75, 3.05) is 44.7 Å². The molecule has 0 bridgehead atoms. The summed E-state index contributed by atoms with van der Waals surface area (Å²) in [6.07, 6.45) is 8.17. The lowest BCUT2D eigenvalue weighted by atomic mass is 9.89. The van der Waals surface area contributed by atoms with Gasteiger partial charge in [-0.15, -0.1) is 0 Å². The molecule has 134 valence electrons.